The summed E-state index contributed by atoms with van der Waals surface area (Å²) in [5, 5.41) is 0.869. The first-order valence-corrected chi connectivity index (χ1v) is 11.3. The summed E-state index contributed by atoms with van der Waals surface area (Å²) in [6.07, 6.45) is 5.49. The third kappa shape index (κ3) is 4.01. The molecule has 1 aromatic carbocycles. The Labute approximate surface area is 190 Å². The summed E-state index contributed by atoms with van der Waals surface area (Å²) in [4.78, 5) is 18.1. The van der Waals surface area contributed by atoms with Crippen LogP contribution in [0.2, 0.25) is 0 Å². The number of fused-ring (bicyclic) bond motifs is 1. The van der Waals surface area contributed by atoms with Gasteiger partial charge >= 0.3 is 0 Å². The fourth-order valence-corrected chi connectivity index (χ4v) is 4.03. The molecule has 0 aliphatic rings. The van der Waals surface area contributed by atoms with Crippen molar-refractivity contribution in [3.8, 4) is 17.4 Å². The van der Waals surface area contributed by atoms with Crippen molar-refractivity contribution >= 4 is 33.3 Å². The van der Waals surface area contributed by atoms with Crippen LogP contribution in [-0.4, -0.2) is 37.7 Å². The first kappa shape index (κ1) is 21.6. The van der Waals surface area contributed by atoms with Crippen LogP contribution < -0.4 is 4.74 Å². The highest BCUT2D eigenvalue weighted by atomic mass is 79.9. The Kier molecular flexibility index (Phi) is 5.94. The van der Waals surface area contributed by atoms with Crippen molar-refractivity contribution in [2.45, 2.75) is 25.3 Å². The average Bonchev–Trinajstić information content (AvgIpc) is 3.17. The molecule has 3 heterocycles. The van der Waals surface area contributed by atoms with E-state index in [1.165, 1.54) is 37.9 Å². The third-order valence-corrected chi connectivity index (χ3v) is 6.38. The van der Waals surface area contributed by atoms with Crippen molar-refractivity contribution < 1.29 is 13.5 Å². The summed E-state index contributed by atoms with van der Waals surface area (Å²) in [5.41, 5.74) is 2.72. The molecule has 3 aromatic heterocycles. The van der Waals surface area contributed by atoms with Gasteiger partial charge in [0, 0.05) is 18.2 Å². The van der Waals surface area contributed by atoms with Crippen molar-refractivity contribution in [3.63, 3.8) is 0 Å². The molecule has 6 nitrogen and oxygen atoms in total. The van der Waals surface area contributed by atoms with Crippen molar-refractivity contribution in [3.05, 3.63) is 63.1 Å². The molecule has 0 saturated carbocycles. The molecule has 160 valence electrons. The Morgan fingerprint density at radius 3 is 2.61 bits per heavy atom. The van der Waals surface area contributed by atoms with E-state index in [1.54, 1.807) is 12.4 Å². The van der Waals surface area contributed by atoms with Crippen LogP contribution in [0.5, 0.6) is 5.88 Å². The molecule has 4 aromatic rings. The van der Waals surface area contributed by atoms with Gasteiger partial charge in [-0.2, -0.15) is 4.98 Å². The number of rotatable bonds is 5. The minimum Gasteiger partial charge on any atom is -0.481 e. The molecular formula is C21H18BrF2N5OS. The lowest BCUT2D eigenvalue weighted by Gasteiger charge is -2.11. The molecule has 0 radical (unpaired) electrons. The summed E-state index contributed by atoms with van der Waals surface area (Å²) < 4.78 is 36.4. The highest BCUT2D eigenvalue weighted by molar-refractivity contribution is 9.10. The van der Waals surface area contributed by atoms with E-state index in [4.69, 9.17) is 4.74 Å². The van der Waals surface area contributed by atoms with Gasteiger partial charge in [-0.3, -0.25) is 4.40 Å². The number of hydrogen-bond donors (Lipinski definition) is 0. The van der Waals surface area contributed by atoms with Gasteiger partial charge in [0.15, 0.2) is 11.5 Å². The largest absolute Gasteiger partial charge is 0.481 e. The molecule has 0 aliphatic heterocycles. The number of halogens is 3. The van der Waals surface area contributed by atoms with E-state index in [2.05, 4.69) is 35.9 Å². The smallest absolute Gasteiger partial charge is 0.220 e. The van der Waals surface area contributed by atoms with Crippen LogP contribution in [0.15, 0.2) is 34.2 Å². The Morgan fingerprint density at radius 2 is 1.90 bits per heavy atom. The average molecular weight is 506 g/mol. The normalized spacial score (nSPS) is 11.3. The van der Waals surface area contributed by atoms with E-state index < -0.39 is 11.6 Å². The van der Waals surface area contributed by atoms with E-state index in [-0.39, 0.29) is 17.5 Å². The number of methoxy groups -OCH3 is 1. The monoisotopic (exact) mass is 505 g/mol. The fraction of sp³-hybridized carbons (Fsp3) is 0.238. The minimum absolute atomic E-state index is 0.0649. The van der Waals surface area contributed by atoms with Crippen molar-refractivity contribution in [2.24, 2.45) is 0 Å². The standard InChI is InChI=1S/C21H18BrF2N5OS/c1-10-5-14(24)12(6-13(10)23)7-15-20-25-8-17(31-4)29(20)9-16(26-15)19-27-18(22)11(2)21(28-19)30-3/h5-6,8-9H,7H2,1-4H3. The number of benzene rings is 1. The molecule has 0 unspecified atom stereocenters. The first-order chi connectivity index (χ1) is 14.8. The van der Waals surface area contributed by atoms with Crippen LogP contribution >= 0.6 is 27.7 Å². The maximum Gasteiger partial charge on any atom is 0.220 e. The lowest BCUT2D eigenvalue weighted by molar-refractivity contribution is 0.393. The summed E-state index contributed by atoms with van der Waals surface area (Å²) >= 11 is 4.94. The summed E-state index contributed by atoms with van der Waals surface area (Å²) in [6.45, 7) is 3.36. The number of hydrogen-bond acceptors (Lipinski definition) is 6. The first-order valence-electron chi connectivity index (χ1n) is 9.26. The molecule has 31 heavy (non-hydrogen) atoms. The Bertz CT molecular complexity index is 1310. The number of thioether (sulfide) groups is 1. The molecule has 4 rings (SSSR count). The van der Waals surface area contributed by atoms with Gasteiger partial charge in [0.05, 0.1) is 24.0 Å². The lowest BCUT2D eigenvalue weighted by atomic mass is 10.1. The van der Waals surface area contributed by atoms with Crippen LogP contribution in [0.3, 0.4) is 0 Å². The second-order valence-corrected chi connectivity index (χ2v) is 8.49. The zero-order chi connectivity index (χ0) is 22.3. The van der Waals surface area contributed by atoms with Gasteiger partial charge in [-0.25, -0.2) is 23.7 Å². The summed E-state index contributed by atoms with van der Waals surface area (Å²) in [7, 11) is 1.53. The van der Waals surface area contributed by atoms with Crippen LogP contribution in [0.4, 0.5) is 8.78 Å². The van der Waals surface area contributed by atoms with Gasteiger partial charge in [-0.15, -0.1) is 11.8 Å². The fourth-order valence-electron chi connectivity index (χ4n) is 3.19. The number of imidazole rings is 1. The van der Waals surface area contributed by atoms with Crippen LogP contribution in [0, 0.1) is 25.5 Å². The third-order valence-electron chi connectivity index (χ3n) is 4.89. The molecule has 0 bridgehead atoms. The highest BCUT2D eigenvalue weighted by Gasteiger charge is 2.18. The van der Waals surface area contributed by atoms with Gasteiger partial charge in [0.25, 0.3) is 0 Å². The minimum atomic E-state index is -0.489. The molecule has 0 aliphatic carbocycles. The SMILES string of the molecule is COc1nc(-c2cn3c(SC)cnc3c(Cc3cc(F)c(C)cc3F)n2)nc(Br)c1C. The maximum absolute atomic E-state index is 14.5. The number of aryl methyl sites for hydroxylation is 1. The second kappa shape index (κ2) is 8.51. The summed E-state index contributed by atoms with van der Waals surface area (Å²) in [5.74, 6) is -0.194. The Hall–Kier alpha value is -2.59. The van der Waals surface area contributed by atoms with Crippen LogP contribution in [0.1, 0.15) is 22.4 Å². The van der Waals surface area contributed by atoms with Gasteiger partial charge < -0.3 is 4.74 Å². The molecule has 0 saturated heterocycles. The molecule has 10 heteroatoms. The molecule has 0 amide bonds. The Balaban J connectivity index is 1.91. The van der Waals surface area contributed by atoms with Crippen LogP contribution in [-0.2, 0) is 6.42 Å². The quantitative estimate of drug-likeness (QED) is 0.275. The Morgan fingerprint density at radius 1 is 1.13 bits per heavy atom. The molecule has 0 spiro atoms. The van der Waals surface area contributed by atoms with Gasteiger partial charge in [0.1, 0.15) is 21.9 Å². The maximum atomic E-state index is 14.5. The molecule has 0 N–H and O–H groups in total. The van der Waals surface area contributed by atoms with E-state index >= 15 is 0 Å². The van der Waals surface area contributed by atoms with Crippen LogP contribution in [0.25, 0.3) is 17.2 Å². The molecular weight excluding hydrogens is 488 g/mol. The zero-order valence-corrected chi connectivity index (χ0v) is 19.6. The van der Waals surface area contributed by atoms with Gasteiger partial charge in [-0.1, -0.05) is 0 Å². The van der Waals surface area contributed by atoms with Crippen molar-refractivity contribution in [1.82, 2.24) is 24.3 Å². The number of aromatic nitrogens is 5. The predicted molar refractivity (Wildman–Crippen MR) is 119 cm³/mol. The van der Waals surface area contributed by atoms with Crippen molar-refractivity contribution in [2.75, 3.05) is 13.4 Å². The lowest BCUT2D eigenvalue weighted by Crippen LogP contribution is -2.06. The molecule has 0 atom stereocenters. The predicted octanol–water partition coefficient (Wildman–Crippen LogP) is 5.17. The number of nitrogens with zero attached hydrogens (tertiary/aromatic N) is 5. The van der Waals surface area contributed by atoms with E-state index in [9.17, 15) is 8.78 Å². The number of ether oxygens (including phenoxy) is 1. The molecule has 0 fully saturated rings. The van der Waals surface area contributed by atoms with Gasteiger partial charge in [0.2, 0.25) is 5.88 Å². The van der Waals surface area contributed by atoms with E-state index in [1.807, 2.05) is 17.6 Å². The second-order valence-electron chi connectivity index (χ2n) is 6.91. The van der Waals surface area contributed by atoms with E-state index in [0.29, 0.717) is 33.3 Å². The summed E-state index contributed by atoms with van der Waals surface area (Å²) in [6, 6.07) is 2.39. The topological polar surface area (TPSA) is 65.2 Å². The van der Waals surface area contributed by atoms with E-state index in [0.717, 1.165) is 10.6 Å². The zero-order valence-electron chi connectivity index (χ0n) is 17.2. The highest BCUT2D eigenvalue weighted by Crippen LogP contribution is 2.29. The van der Waals surface area contributed by atoms with Crippen molar-refractivity contribution in [1.29, 1.82) is 0 Å². The van der Waals surface area contributed by atoms with Gasteiger partial charge in [-0.05, 0) is 59.3 Å².